The average molecular weight is 932 g/mol. The first-order chi connectivity index (χ1) is 31.5. The standard InChI is InChI=1S/C52H86NO11P/c1-3-5-7-9-11-13-16-20-24-28-38-61-49(54)37-36-48(52(57)63-40-30-26-22-17-14-12-10-8-6-4-2)53-50(55)46-34-32-45-43-47(35-33-44(45)42-46)51(56)62-39-29-25-21-18-15-19-23-27-31-41-64-65(58,59)60/h32-35,42-43,48H,3-31,36-41H2,1-2H3,(H,53,55)(H2,58,59,60). The van der Waals surface area contributed by atoms with Crippen LogP contribution < -0.4 is 5.32 Å². The molecule has 0 aliphatic carbocycles. The van der Waals surface area contributed by atoms with Gasteiger partial charge in [0.25, 0.3) is 5.91 Å². The van der Waals surface area contributed by atoms with E-state index in [4.69, 9.17) is 24.0 Å². The molecular formula is C52H86NO11P. The lowest BCUT2D eigenvalue weighted by atomic mass is 10.0. The van der Waals surface area contributed by atoms with Crippen molar-refractivity contribution in [3.05, 3.63) is 47.5 Å². The predicted molar refractivity (Wildman–Crippen MR) is 260 cm³/mol. The highest BCUT2D eigenvalue weighted by Crippen LogP contribution is 2.35. The Morgan fingerprint density at radius 2 is 0.892 bits per heavy atom. The number of nitrogens with one attached hydrogen (secondary N) is 1. The number of unbranched alkanes of at least 4 members (excludes halogenated alkanes) is 26. The number of rotatable bonds is 42. The Morgan fingerprint density at radius 1 is 0.508 bits per heavy atom. The number of benzene rings is 2. The second-order valence-corrected chi connectivity index (χ2v) is 19.0. The normalized spacial score (nSPS) is 12.0. The van der Waals surface area contributed by atoms with Gasteiger partial charge < -0.3 is 29.3 Å². The average Bonchev–Trinajstić information content (AvgIpc) is 3.29. The lowest BCUT2D eigenvalue weighted by Gasteiger charge is -2.18. The summed E-state index contributed by atoms with van der Waals surface area (Å²) in [6.45, 7) is 5.47. The van der Waals surface area contributed by atoms with Crippen LogP contribution in [0.2, 0.25) is 0 Å². The van der Waals surface area contributed by atoms with Gasteiger partial charge in [-0.15, -0.1) is 0 Å². The summed E-state index contributed by atoms with van der Waals surface area (Å²) in [6, 6.07) is 9.32. The number of carbonyl (C=O) groups is 4. The lowest BCUT2D eigenvalue weighted by molar-refractivity contribution is -0.147. The Labute approximate surface area is 391 Å². The topological polar surface area (TPSA) is 175 Å². The SMILES string of the molecule is CCCCCCCCCCCCOC(=O)CCC(NC(=O)c1ccc2cc(C(=O)OCCCCCCCCCCCOP(=O)(O)O)ccc2c1)C(=O)OCCCCCCCCCCCC. The molecule has 0 aromatic heterocycles. The summed E-state index contributed by atoms with van der Waals surface area (Å²) in [7, 11) is -4.37. The Morgan fingerprint density at radius 3 is 1.35 bits per heavy atom. The van der Waals surface area contributed by atoms with Crippen molar-refractivity contribution in [2.45, 2.75) is 219 Å². The van der Waals surface area contributed by atoms with Gasteiger partial charge in [0.05, 0.1) is 32.0 Å². The van der Waals surface area contributed by atoms with Crippen LogP contribution in [0.5, 0.6) is 0 Å². The van der Waals surface area contributed by atoms with Crippen LogP contribution in [-0.2, 0) is 32.9 Å². The van der Waals surface area contributed by atoms with E-state index < -0.39 is 37.7 Å². The molecule has 0 fully saturated rings. The van der Waals surface area contributed by atoms with Crippen LogP contribution in [0, 0.1) is 0 Å². The van der Waals surface area contributed by atoms with Crippen molar-refractivity contribution >= 4 is 42.4 Å². The highest BCUT2D eigenvalue weighted by molar-refractivity contribution is 7.46. The molecule has 13 heteroatoms. The molecule has 2 aromatic rings. The number of phosphoric acid groups is 1. The molecule has 0 saturated carbocycles. The second-order valence-electron chi connectivity index (χ2n) is 17.7. The van der Waals surface area contributed by atoms with E-state index >= 15 is 0 Å². The Balaban J connectivity index is 1.81. The molecule has 65 heavy (non-hydrogen) atoms. The third kappa shape index (κ3) is 30.6. The highest BCUT2D eigenvalue weighted by atomic mass is 31.2. The summed E-state index contributed by atoms with van der Waals surface area (Å²) in [4.78, 5) is 69.8. The summed E-state index contributed by atoms with van der Waals surface area (Å²) < 4.78 is 31.8. The zero-order valence-corrected chi connectivity index (χ0v) is 41.2. The smallest absolute Gasteiger partial charge is 0.466 e. The molecule has 1 atom stereocenters. The molecule has 0 bridgehead atoms. The van der Waals surface area contributed by atoms with Crippen LogP contribution in [0.15, 0.2) is 36.4 Å². The maximum atomic E-state index is 13.6. The minimum absolute atomic E-state index is 0.0155. The van der Waals surface area contributed by atoms with E-state index in [1.54, 1.807) is 36.4 Å². The van der Waals surface area contributed by atoms with Crippen molar-refractivity contribution in [1.29, 1.82) is 0 Å². The Kier molecular flexibility index (Phi) is 33.6. The van der Waals surface area contributed by atoms with Crippen molar-refractivity contribution in [2.24, 2.45) is 0 Å². The van der Waals surface area contributed by atoms with Gasteiger partial charge in [-0.3, -0.25) is 14.1 Å². The van der Waals surface area contributed by atoms with Gasteiger partial charge in [0.2, 0.25) is 0 Å². The van der Waals surface area contributed by atoms with Gasteiger partial charge in [-0.1, -0.05) is 187 Å². The zero-order chi connectivity index (χ0) is 47.2. The molecule has 0 aliphatic heterocycles. The van der Waals surface area contributed by atoms with Crippen molar-refractivity contribution < 1.29 is 52.3 Å². The molecule has 370 valence electrons. The monoisotopic (exact) mass is 932 g/mol. The molecule has 0 aliphatic rings. The predicted octanol–water partition coefficient (Wildman–Crippen LogP) is 13.4. The van der Waals surface area contributed by atoms with Crippen LogP contribution in [0.4, 0.5) is 0 Å². The number of phosphoric ester groups is 1. The molecular weight excluding hydrogens is 846 g/mol. The molecule has 3 N–H and O–H groups in total. The minimum atomic E-state index is -4.37. The van der Waals surface area contributed by atoms with Crippen LogP contribution in [-0.4, -0.2) is 66.1 Å². The molecule has 12 nitrogen and oxygen atoms in total. The van der Waals surface area contributed by atoms with E-state index in [1.807, 2.05) is 0 Å². The van der Waals surface area contributed by atoms with Crippen LogP contribution in [0.3, 0.4) is 0 Å². The third-order valence-corrected chi connectivity index (χ3v) is 12.4. The number of hydrogen-bond acceptors (Lipinski definition) is 9. The van der Waals surface area contributed by atoms with Gasteiger partial charge in [0.15, 0.2) is 0 Å². The van der Waals surface area contributed by atoms with Gasteiger partial charge in [-0.25, -0.2) is 14.2 Å². The molecule has 1 unspecified atom stereocenters. The molecule has 1 amide bonds. The first-order valence-electron chi connectivity index (χ1n) is 25.6. The summed E-state index contributed by atoms with van der Waals surface area (Å²) in [6.07, 6.45) is 32.1. The number of hydrogen-bond donors (Lipinski definition) is 3. The Bertz CT molecular complexity index is 1630. The maximum Gasteiger partial charge on any atom is 0.469 e. The van der Waals surface area contributed by atoms with E-state index in [9.17, 15) is 23.7 Å². The molecule has 0 radical (unpaired) electrons. The minimum Gasteiger partial charge on any atom is -0.466 e. The summed E-state index contributed by atoms with van der Waals surface area (Å²) in [5.41, 5.74) is 0.766. The molecule has 0 saturated heterocycles. The van der Waals surface area contributed by atoms with Crippen molar-refractivity contribution in [3.8, 4) is 0 Å². The van der Waals surface area contributed by atoms with Crippen LogP contribution in [0.1, 0.15) is 234 Å². The summed E-state index contributed by atoms with van der Waals surface area (Å²) >= 11 is 0. The van der Waals surface area contributed by atoms with Gasteiger partial charge in [0.1, 0.15) is 6.04 Å². The van der Waals surface area contributed by atoms with E-state index in [2.05, 4.69) is 23.7 Å². The van der Waals surface area contributed by atoms with Crippen molar-refractivity contribution in [2.75, 3.05) is 26.4 Å². The third-order valence-electron chi connectivity index (χ3n) is 11.8. The van der Waals surface area contributed by atoms with E-state index in [0.29, 0.717) is 30.8 Å². The highest BCUT2D eigenvalue weighted by Gasteiger charge is 2.25. The second kappa shape index (κ2) is 37.7. The fourth-order valence-electron chi connectivity index (χ4n) is 7.85. The fourth-order valence-corrected chi connectivity index (χ4v) is 8.22. The molecule has 2 rings (SSSR count). The van der Waals surface area contributed by atoms with Gasteiger partial charge in [-0.05, 0) is 67.1 Å². The summed E-state index contributed by atoms with van der Waals surface area (Å²) in [5, 5.41) is 4.34. The number of carbonyl (C=O) groups excluding carboxylic acids is 4. The summed E-state index contributed by atoms with van der Waals surface area (Å²) in [5.74, 6) is -1.81. The maximum absolute atomic E-state index is 13.6. The van der Waals surface area contributed by atoms with Gasteiger partial charge >= 0.3 is 25.7 Å². The van der Waals surface area contributed by atoms with E-state index in [-0.39, 0.29) is 26.1 Å². The number of amides is 1. The number of fused-ring (bicyclic) bond motifs is 1. The Hall–Kier alpha value is -3.31. The van der Waals surface area contributed by atoms with E-state index in [1.165, 1.54) is 89.9 Å². The van der Waals surface area contributed by atoms with E-state index in [0.717, 1.165) is 101 Å². The van der Waals surface area contributed by atoms with Crippen molar-refractivity contribution in [3.63, 3.8) is 0 Å². The number of esters is 3. The van der Waals surface area contributed by atoms with Gasteiger partial charge in [-0.2, -0.15) is 0 Å². The van der Waals surface area contributed by atoms with Gasteiger partial charge in [0, 0.05) is 12.0 Å². The van der Waals surface area contributed by atoms with Crippen LogP contribution in [0.25, 0.3) is 10.8 Å². The first kappa shape index (κ1) is 57.8. The largest absolute Gasteiger partial charge is 0.469 e. The quantitative estimate of drug-likeness (QED) is 0.0250. The number of ether oxygens (including phenoxy) is 3. The van der Waals surface area contributed by atoms with Crippen LogP contribution >= 0.6 is 7.82 Å². The molecule has 0 spiro atoms. The molecule has 2 aromatic carbocycles. The zero-order valence-electron chi connectivity index (χ0n) is 40.3. The molecule has 0 heterocycles. The van der Waals surface area contributed by atoms with Crippen molar-refractivity contribution in [1.82, 2.24) is 5.32 Å². The fraction of sp³-hybridized carbons (Fsp3) is 0.731. The lowest BCUT2D eigenvalue weighted by Crippen LogP contribution is -2.42. The first-order valence-corrected chi connectivity index (χ1v) is 27.1.